The van der Waals surface area contributed by atoms with Crippen LogP contribution in [0, 0.1) is 6.92 Å². The van der Waals surface area contributed by atoms with Gasteiger partial charge in [0.25, 0.3) is 0 Å². The monoisotopic (exact) mass is 308 g/mol. The van der Waals surface area contributed by atoms with E-state index in [1.807, 2.05) is 19.1 Å². The third kappa shape index (κ3) is 2.69. The molecule has 0 saturated carbocycles. The Labute approximate surface area is 122 Å². The van der Waals surface area contributed by atoms with E-state index in [-0.39, 0.29) is 11.4 Å². The molecule has 0 bridgehead atoms. The van der Waals surface area contributed by atoms with Gasteiger partial charge in [-0.2, -0.15) is 0 Å². The van der Waals surface area contributed by atoms with Gasteiger partial charge >= 0.3 is 12.1 Å². The summed E-state index contributed by atoms with van der Waals surface area (Å²) >= 11 is 0. The van der Waals surface area contributed by atoms with Crippen LogP contribution in [-0.4, -0.2) is 15.9 Å². The number of hydrogen-bond acceptors (Lipinski definition) is 2. The zero-order valence-electron chi connectivity index (χ0n) is 11.4. The average Bonchev–Trinajstić information content (AvgIpc) is 2.73. The molecule has 1 N–H and O–H groups in total. The number of rotatable bonds is 2. The van der Waals surface area contributed by atoms with Crippen molar-refractivity contribution in [1.29, 1.82) is 0 Å². The predicted molar refractivity (Wildman–Crippen MR) is 75.3 cm³/mol. The Kier molecular flexibility index (Phi) is 3.20. The van der Waals surface area contributed by atoms with Gasteiger partial charge in [-0.05, 0) is 48.9 Å². The molecule has 0 aliphatic rings. The molecule has 0 saturated heterocycles. The SMILES string of the molecule is Cc1ccc2[nH]c(=O)n(-c3ccc(OC(F)(F)F)cc3)c2c1. The molecule has 1 heterocycles. The maximum absolute atomic E-state index is 12.1. The van der Waals surface area contributed by atoms with Crippen LogP contribution >= 0.6 is 0 Å². The largest absolute Gasteiger partial charge is 0.573 e. The Bertz CT molecular complexity index is 876. The van der Waals surface area contributed by atoms with E-state index in [1.165, 1.54) is 28.8 Å². The molecule has 0 amide bonds. The quantitative estimate of drug-likeness (QED) is 0.787. The molecule has 1 aromatic heterocycles. The van der Waals surface area contributed by atoms with Crippen LogP contribution in [0.4, 0.5) is 13.2 Å². The summed E-state index contributed by atoms with van der Waals surface area (Å²) < 4.78 is 41.7. The van der Waals surface area contributed by atoms with Crippen molar-refractivity contribution in [2.24, 2.45) is 0 Å². The van der Waals surface area contributed by atoms with Crippen LogP contribution in [-0.2, 0) is 0 Å². The minimum Gasteiger partial charge on any atom is -0.406 e. The highest BCUT2D eigenvalue weighted by Gasteiger charge is 2.31. The summed E-state index contributed by atoms with van der Waals surface area (Å²) in [5, 5.41) is 0. The van der Waals surface area contributed by atoms with Crippen molar-refractivity contribution in [2.75, 3.05) is 0 Å². The lowest BCUT2D eigenvalue weighted by atomic mass is 10.2. The summed E-state index contributed by atoms with van der Waals surface area (Å²) in [6, 6.07) is 10.6. The molecule has 0 unspecified atom stereocenters. The number of H-pyrrole nitrogens is 1. The van der Waals surface area contributed by atoms with E-state index in [9.17, 15) is 18.0 Å². The highest BCUT2D eigenvalue weighted by atomic mass is 19.4. The van der Waals surface area contributed by atoms with Crippen LogP contribution in [0.3, 0.4) is 0 Å². The molecule has 0 atom stereocenters. The molecule has 114 valence electrons. The second-order valence-electron chi connectivity index (χ2n) is 4.83. The highest BCUT2D eigenvalue weighted by Crippen LogP contribution is 2.24. The minimum absolute atomic E-state index is 0.333. The van der Waals surface area contributed by atoms with Crippen molar-refractivity contribution in [3.8, 4) is 11.4 Å². The highest BCUT2D eigenvalue weighted by molar-refractivity contribution is 5.78. The van der Waals surface area contributed by atoms with Crippen molar-refractivity contribution in [1.82, 2.24) is 9.55 Å². The van der Waals surface area contributed by atoms with Gasteiger partial charge < -0.3 is 9.72 Å². The molecule has 7 heteroatoms. The van der Waals surface area contributed by atoms with Crippen molar-refractivity contribution < 1.29 is 17.9 Å². The Balaban J connectivity index is 2.06. The molecular formula is C15H11F3N2O2. The fourth-order valence-corrected chi connectivity index (χ4v) is 2.27. The molecule has 0 spiro atoms. The smallest absolute Gasteiger partial charge is 0.406 e. The van der Waals surface area contributed by atoms with E-state index in [1.54, 1.807) is 6.07 Å². The van der Waals surface area contributed by atoms with E-state index < -0.39 is 6.36 Å². The molecule has 3 aromatic rings. The zero-order chi connectivity index (χ0) is 15.9. The lowest BCUT2D eigenvalue weighted by Crippen LogP contribution is -2.17. The van der Waals surface area contributed by atoms with Gasteiger partial charge in [-0.15, -0.1) is 13.2 Å². The number of alkyl halides is 3. The number of ether oxygens (including phenoxy) is 1. The topological polar surface area (TPSA) is 47.0 Å². The van der Waals surface area contributed by atoms with E-state index in [0.717, 1.165) is 5.56 Å². The first-order valence-electron chi connectivity index (χ1n) is 6.41. The van der Waals surface area contributed by atoms with Gasteiger partial charge in [0, 0.05) is 0 Å². The number of halogens is 3. The summed E-state index contributed by atoms with van der Waals surface area (Å²) in [4.78, 5) is 14.8. The van der Waals surface area contributed by atoms with E-state index in [0.29, 0.717) is 16.7 Å². The van der Waals surface area contributed by atoms with Crippen molar-refractivity contribution in [2.45, 2.75) is 13.3 Å². The van der Waals surface area contributed by atoms with E-state index in [4.69, 9.17) is 0 Å². The number of fused-ring (bicyclic) bond motifs is 1. The maximum atomic E-state index is 12.1. The number of benzene rings is 2. The fraction of sp³-hybridized carbons (Fsp3) is 0.133. The summed E-state index contributed by atoms with van der Waals surface area (Å²) in [6.07, 6.45) is -4.74. The number of aromatic nitrogens is 2. The van der Waals surface area contributed by atoms with Gasteiger partial charge in [0.15, 0.2) is 0 Å². The second kappa shape index (κ2) is 4.94. The van der Waals surface area contributed by atoms with Crippen molar-refractivity contribution in [3.63, 3.8) is 0 Å². The van der Waals surface area contributed by atoms with Crippen LogP contribution < -0.4 is 10.4 Å². The molecule has 22 heavy (non-hydrogen) atoms. The van der Waals surface area contributed by atoms with Crippen LogP contribution in [0.5, 0.6) is 5.75 Å². The lowest BCUT2D eigenvalue weighted by Gasteiger charge is -2.09. The van der Waals surface area contributed by atoms with Gasteiger partial charge in [0.2, 0.25) is 0 Å². The number of aryl methyl sites for hydroxylation is 1. The van der Waals surface area contributed by atoms with Gasteiger partial charge in [0.1, 0.15) is 5.75 Å². The number of imidazole rings is 1. The summed E-state index contributed by atoms with van der Waals surface area (Å²) in [6.45, 7) is 1.89. The molecule has 0 fully saturated rings. The van der Waals surface area contributed by atoms with Crippen LogP contribution in [0.1, 0.15) is 5.56 Å². The standard InChI is InChI=1S/C15H11F3N2O2/c1-9-2-7-12-13(8-9)20(14(21)19-12)10-3-5-11(6-4-10)22-15(16,17)18/h2-8H,1H3,(H,19,21). The third-order valence-electron chi connectivity index (χ3n) is 3.17. The van der Waals surface area contributed by atoms with E-state index in [2.05, 4.69) is 9.72 Å². The predicted octanol–water partition coefficient (Wildman–Crippen LogP) is 3.53. The molecule has 0 aliphatic carbocycles. The number of aromatic amines is 1. The number of nitrogens with one attached hydrogen (secondary N) is 1. The fourth-order valence-electron chi connectivity index (χ4n) is 2.27. The molecule has 0 radical (unpaired) electrons. The average molecular weight is 308 g/mol. The van der Waals surface area contributed by atoms with Gasteiger partial charge in [-0.25, -0.2) is 4.79 Å². The molecule has 0 aliphatic heterocycles. The zero-order valence-corrected chi connectivity index (χ0v) is 11.4. The minimum atomic E-state index is -4.74. The first kappa shape index (κ1) is 14.2. The number of hydrogen-bond donors (Lipinski definition) is 1. The first-order chi connectivity index (χ1) is 10.3. The normalized spacial score (nSPS) is 11.8. The Hall–Kier alpha value is -2.70. The van der Waals surface area contributed by atoms with Crippen LogP contribution in [0.15, 0.2) is 47.3 Å². The Morgan fingerprint density at radius 3 is 2.41 bits per heavy atom. The second-order valence-corrected chi connectivity index (χ2v) is 4.83. The Morgan fingerprint density at radius 2 is 1.77 bits per heavy atom. The van der Waals surface area contributed by atoms with Gasteiger partial charge in [-0.1, -0.05) is 6.07 Å². The first-order valence-corrected chi connectivity index (χ1v) is 6.41. The summed E-state index contributed by atoms with van der Waals surface area (Å²) in [7, 11) is 0. The lowest BCUT2D eigenvalue weighted by molar-refractivity contribution is -0.274. The van der Waals surface area contributed by atoms with Crippen LogP contribution in [0.2, 0.25) is 0 Å². The third-order valence-corrected chi connectivity index (χ3v) is 3.17. The Morgan fingerprint density at radius 1 is 1.09 bits per heavy atom. The van der Waals surface area contributed by atoms with Crippen molar-refractivity contribution in [3.05, 3.63) is 58.5 Å². The molecule has 2 aromatic carbocycles. The van der Waals surface area contributed by atoms with Gasteiger partial charge in [0.05, 0.1) is 16.7 Å². The maximum Gasteiger partial charge on any atom is 0.573 e. The number of nitrogens with zero attached hydrogens (tertiary/aromatic N) is 1. The summed E-state index contributed by atoms with van der Waals surface area (Å²) in [5.74, 6) is -0.333. The van der Waals surface area contributed by atoms with E-state index >= 15 is 0 Å². The van der Waals surface area contributed by atoms with Crippen LogP contribution in [0.25, 0.3) is 16.7 Å². The van der Waals surface area contributed by atoms with Gasteiger partial charge in [-0.3, -0.25) is 4.57 Å². The molecular weight excluding hydrogens is 297 g/mol. The summed E-state index contributed by atoms with van der Waals surface area (Å²) in [5.41, 5.74) is 2.39. The molecule has 3 rings (SSSR count). The van der Waals surface area contributed by atoms with Crippen molar-refractivity contribution >= 4 is 11.0 Å². The molecule has 4 nitrogen and oxygen atoms in total.